The summed E-state index contributed by atoms with van der Waals surface area (Å²) in [5, 5.41) is 13.3. The molecule has 12 heavy (non-hydrogen) atoms. The van der Waals surface area contributed by atoms with E-state index in [1.807, 2.05) is 11.8 Å². The van der Waals surface area contributed by atoms with Crippen molar-refractivity contribution in [2.45, 2.75) is 38.3 Å². The summed E-state index contributed by atoms with van der Waals surface area (Å²) in [7, 11) is 0. The average Bonchev–Trinajstić information content (AvgIpc) is 2.49. The van der Waals surface area contributed by atoms with Crippen LogP contribution in [-0.4, -0.2) is 34.8 Å². The van der Waals surface area contributed by atoms with Crippen LogP contribution in [0.25, 0.3) is 0 Å². The summed E-state index contributed by atoms with van der Waals surface area (Å²) in [6.07, 6.45) is 2.07. The fourth-order valence-corrected chi connectivity index (χ4v) is 2.54. The third-order valence-corrected chi connectivity index (χ3v) is 3.71. The van der Waals surface area contributed by atoms with Crippen molar-refractivity contribution in [3.05, 3.63) is 0 Å². The smallest absolute Gasteiger partial charge is 0.0869 e. The number of hydrogen-bond acceptors (Lipinski definition) is 3. The number of aliphatic hydroxyl groups is 1. The molecule has 0 saturated carbocycles. The summed E-state index contributed by atoms with van der Waals surface area (Å²) in [4.78, 5) is 0. The third kappa shape index (κ3) is 2.96. The van der Waals surface area contributed by atoms with Crippen LogP contribution < -0.4 is 5.32 Å². The lowest BCUT2D eigenvalue weighted by atomic mass is 10.0. The van der Waals surface area contributed by atoms with Crippen LogP contribution in [0, 0.1) is 0 Å². The Morgan fingerprint density at radius 1 is 1.67 bits per heavy atom. The van der Waals surface area contributed by atoms with Crippen LogP contribution >= 0.6 is 11.8 Å². The van der Waals surface area contributed by atoms with Gasteiger partial charge in [0.05, 0.1) is 5.60 Å². The van der Waals surface area contributed by atoms with Gasteiger partial charge in [-0.15, -0.1) is 0 Å². The zero-order valence-electron chi connectivity index (χ0n) is 7.97. The highest BCUT2D eigenvalue weighted by atomic mass is 32.2. The molecule has 2 unspecified atom stereocenters. The largest absolute Gasteiger partial charge is 0.388 e. The van der Waals surface area contributed by atoms with E-state index in [0.717, 1.165) is 30.9 Å². The molecule has 0 bridgehead atoms. The molecule has 1 heterocycles. The molecule has 0 aromatic rings. The fraction of sp³-hybridized carbons (Fsp3) is 1.00. The normalized spacial score (nSPS) is 32.2. The Kier molecular flexibility index (Phi) is 3.87. The van der Waals surface area contributed by atoms with Gasteiger partial charge in [-0.2, -0.15) is 11.8 Å². The highest BCUT2D eigenvalue weighted by Crippen LogP contribution is 2.27. The molecule has 1 aliphatic heterocycles. The monoisotopic (exact) mass is 189 g/mol. The molecular weight excluding hydrogens is 170 g/mol. The Morgan fingerprint density at radius 3 is 2.92 bits per heavy atom. The summed E-state index contributed by atoms with van der Waals surface area (Å²) in [5.74, 6) is 2.01. The molecule has 0 amide bonds. The summed E-state index contributed by atoms with van der Waals surface area (Å²) in [6.45, 7) is 5.07. The maximum atomic E-state index is 9.95. The van der Waals surface area contributed by atoms with Crippen LogP contribution in [0.1, 0.15) is 26.7 Å². The van der Waals surface area contributed by atoms with E-state index in [4.69, 9.17) is 0 Å². The van der Waals surface area contributed by atoms with Crippen molar-refractivity contribution in [2.24, 2.45) is 0 Å². The van der Waals surface area contributed by atoms with E-state index >= 15 is 0 Å². The summed E-state index contributed by atoms with van der Waals surface area (Å²) >= 11 is 1.85. The first kappa shape index (κ1) is 10.4. The van der Waals surface area contributed by atoms with E-state index in [9.17, 15) is 5.11 Å². The van der Waals surface area contributed by atoms with Crippen LogP contribution in [0.3, 0.4) is 0 Å². The van der Waals surface area contributed by atoms with E-state index in [1.165, 1.54) is 0 Å². The second-order valence-corrected chi connectivity index (χ2v) is 4.82. The third-order valence-electron chi connectivity index (χ3n) is 2.47. The molecule has 0 aromatic heterocycles. The van der Waals surface area contributed by atoms with Gasteiger partial charge in [-0.05, 0) is 25.5 Å². The Morgan fingerprint density at radius 2 is 2.42 bits per heavy atom. The maximum absolute atomic E-state index is 9.95. The van der Waals surface area contributed by atoms with E-state index in [-0.39, 0.29) is 0 Å². The zero-order valence-corrected chi connectivity index (χ0v) is 8.78. The molecule has 1 saturated heterocycles. The van der Waals surface area contributed by atoms with Gasteiger partial charge in [0.2, 0.25) is 0 Å². The molecule has 2 atom stereocenters. The lowest BCUT2D eigenvalue weighted by molar-refractivity contribution is 0.0650. The van der Waals surface area contributed by atoms with Gasteiger partial charge >= 0.3 is 0 Å². The average molecular weight is 189 g/mol. The Labute approximate surface area is 79.1 Å². The summed E-state index contributed by atoms with van der Waals surface area (Å²) in [6, 6.07) is 0.527. The molecule has 1 fully saturated rings. The zero-order chi connectivity index (χ0) is 9.03. The minimum Gasteiger partial charge on any atom is -0.388 e. The van der Waals surface area contributed by atoms with Crippen molar-refractivity contribution < 1.29 is 5.11 Å². The fourth-order valence-electron chi connectivity index (χ4n) is 1.24. The van der Waals surface area contributed by atoms with Gasteiger partial charge in [0.15, 0.2) is 0 Å². The second-order valence-electron chi connectivity index (χ2n) is 3.72. The molecular formula is C9H19NOS. The molecule has 0 radical (unpaired) electrons. The van der Waals surface area contributed by atoms with Crippen molar-refractivity contribution in [1.82, 2.24) is 5.32 Å². The van der Waals surface area contributed by atoms with Crippen molar-refractivity contribution in [1.29, 1.82) is 0 Å². The van der Waals surface area contributed by atoms with Crippen LogP contribution in [0.5, 0.6) is 0 Å². The van der Waals surface area contributed by atoms with Crippen LogP contribution in [0.4, 0.5) is 0 Å². The van der Waals surface area contributed by atoms with Gasteiger partial charge in [-0.3, -0.25) is 0 Å². The van der Waals surface area contributed by atoms with E-state index < -0.39 is 5.60 Å². The van der Waals surface area contributed by atoms with Crippen LogP contribution in [0.2, 0.25) is 0 Å². The number of rotatable bonds is 4. The molecule has 0 spiro atoms. The lowest BCUT2D eigenvalue weighted by Gasteiger charge is -2.23. The first-order valence-corrected chi connectivity index (χ1v) is 5.85. The summed E-state index contributed by atoms with van der Waals surface area (Å²) in [5.41, 5.74) is -0.423. The molecule has 1 aliphatic rings. The predicted octanol–water partition coefficient (Wildman–Crippen LogP) is 1.24. The minimum atomic E-state index is -0.423. The van der Waals surface area contributed by atoms with Crippen LogP contribution in [0.15, 0.2) is 0 Å². The van der Waals surface area contributed by atoms with Gasteiger partial charge in [0.25, 0.3) is 0 Å². The second kappa shape index (κ2) is 4.49. The predicted molar refractivity (Wildman–Crippen MR) is 54.6 cm³/mol. The maximum Gasteiger partial charge on any atom is 0.0869 e. The summed E-state index contributed by atoms with van der Waals surface area (Å²) < 4.78 is 0. The van der Waals surface area contributed by atoms with Crippen molar-refractivity contribution in [2.75, 3.05) is 18.1 Å². The van der Waals surface area contributed by atoms with Gasteiger partial charge in [0, 0.05) is 18.3 Å². The van der Waals surface area contributed by atoms with Gasteiger partial charge in [0.1, 0.15) is 0 Å². The first-order chi connectivity index (χ1) is 5.66. The highest BCUT2D eigenvalue weighted by molar-refractivity contribution is 7.99. The number of thioether (sulfide) groups is 1. The molecule has 72 valence electrons. The Hall–Kier alpha value is 0.270. The first-order valence-electron chi connectivity index (χ1n) is 4.70. The van der Waals surface area contributed by atoms with Crippen molar-refractivity contribution in [3.8, 4) is 0 Å². The van der Waals surface area contributed by atoms with E-state index in [0.29, 0.717) is 6.04 Å². The van der Waals surface area contributed by atoms with Crippen molar-refractivity contribution in [3.63, 3.8) is 0 Å². The van der Waals surface area contributed by atoms with Gasteiger partial charge in [-0.1, -0.05) is 6.92 Å². The molecule has 3 heteroatoms. The van der Waals surface area contributed by atoms with E-state index in [1.54, 1.807) is 0 Å². The minimum absolute atomic E-state index is 0.423. The lowest BCUT2D eigenvalue weighted by Crippen LogP contribution is -2.43. The topological polar surface area (TPSA) is 32.3 Å². The van der Waals surface area contributed by atoms with Crippen molar-refractivity contribution >= 4 is 11.8 Å². The highest BCUT2D eigenvalue weighted by Gasteiger charge is 2.31. The van der Waals surface area contributed by atoms with Gasteiger partial charge in [-0.25, -0.2) is 0 Å². The molecule has 0 aromatic carbocycles. The quantitative estimate of drug-likeness (QED) is 0.698. The Balaban J connectivity index is 2.21. The molecule has 2 N–H and O–H groups in total. The van der Waals surface area contributed by atoms with Crippen LogP contribution in [-0.2, 0) is 0 Å². The standard InChI is InChI=1S/C9H19NOS/c1-3-8(2)10-6-9(11)4-5-12-7-9/h8,10-11H,3-7H2,1-2H3. The Bertz CT molecular complexity index is 134. The van der Waals surface area contributed by atoms with Gasteiger partial charge < -0.3 is 10.4 Å². The number of nitrogens with one attached hydrogen (secondary N) is 1. The molecule has 2 nitrogen and oxygen atoms in total. The van der Waals surface area contributed by atoms with E-state index in [2.05, 4.69) is 19.2 Å². The molecule has 0 aliphatic carbocycles. The SMILES string of the molecule is CCC(C)NCC1(O)CCSC1. The number of hydrogen-bond donors (Lipinski definition) is 2. The molecule has 1 rings (SSSR count).